The van der Waals surface area contributed by atoms with Crippen molar-refractivity contribution in [1.29, 1.82) is 0 Å². The number of benzene rings is 1. The summed E-state index contributed by atoms with van der Waals surface area (Å²) in [6.45, 7) is 0.707. The first-order chi connectivity index (χ1) is 12.7. The van der Waals surface area contributed by atoms with E-state index in [4.69, 9.17) is 0 Å². The van der Waals surface area contributed by atoms with E-state index in [1.54, 1.807) is 4.98 Å². The molecule has 29 heavy (non-hydrogen) atoms. The molecule has 2 rings (SSSR count). The SMILES string of the molecule is Cc1c(C(F)(F)C(F)(F)C(F)(F)C(F)(F)C(F)(F)C(F)(F)F)[nH]c2ccccc12. The van der Waals surface area contributed by atoms with Gasteiger partial charge in [0.25, 0.3) is 0 Å². The summed E-state index contributed by atoms with van der Waals surface area (Å²) >= 11 is 0. The van der Waals surface area contributed by atoms with Crippen LogP contribution in [-0.2, 0) is 5.92 Å². The molecule has 0 aliphatic heterocycles. The smallest absolute Gasteiger partial charge is 0.353 e. The van der Waals surface area contributed by atoms with Crippen LogP contribution in [0.2, 0.25) is 0 Å². The lowest BCUT2D eigenvalue weighted by atomic mass is 9.91. The van der Waals surface area contributed by atoms with Gasteiger partial charge in [0.15, 0.2) is 0 Å². The average molecular weight is 449 g/mol. The topological polar surface area (TPSA) is 15.8 Å². The summed E-state index contributed by atoms with van der Waals surface area (Å²) in [7, 11) is 0. The van der Waals surface area contributed by atoms with Crippen molar-refractivity contribution in [3.8, 4) is 0 Å². The molecule has 0 saturated carbocycles. The molecule has 164 valence electrons. The predicted octanol–water partition coefficient (Wildman–Crippen LogP) is 6.67. The molecule has 0 unspecified atom stereocenters. The van der Waals surface area contributed by atoms with Crippen LogP contribution in [0.1, 0.15) is 11.3 Å². The molecule has 0 atom stereocenters. The molecule has 2 aromatic rings. The highest BCUT2D eigenvalue weighted by atomic mass is 19.4. The van der Waals surface area contributed by atoms with Gasteiger partial charge >= 0.3 is 35.8 Å². The summed E-state index contributed by atoms with van der Waals surface area (Å²) in [5, 5.41) is -0.228. The molecule has 14 heteroatoms. The van der Waals surface area contributed by atoms with Crippen molar-refractivity contribution in [2.45, 2.75) is 42.7 Å². The minimum atomic E-state index is -7.91. The molecule has 0 fully saturated rings. The third-order valence-corrected chi connectivity index (χ3v) is 4.21. The lowest BCUT2D eigenvalue weighted by molar-refractivity contribution is -0.442. The number of fused-ring (bicyclic) bond motifs is 1. The van der Waals surface area contributed by atoms with Gasteiger partial charge in [0, 0.05) is 10.9 Å². The van der Waals surface area contributed by atoms with Gasteiger partial charge in [0.1, 0.15) is 0 Å². The van der Waals surface area contributed by atoms with Gasteiger partial charge in [-0.15, -0.1) is 0 Å². The van der Waals surface area contributed by atoms with E-state index < -0.39 is 47.0 Å². The van der Waals surface area contributed by atoms with Crippen molar-refractivity contribution in [1.82, 2.24) is 4.98 Å². The Morgan fingerprint density at radius 3 is 1.52 bits per heavy atom. The molecule has 0 aliphatic rings. The van der Waals surface area contributed by atoms with Crippen molar-refractivity contribution in [2.75, 3.05) is 0 Å². The van der Waals surface area contributed by atoms with Crippen molar-refractivity contribution >= 4 is 10.9 Å². The third kappa shape index (κ3) is 2.85. The first-order valence-electron chi connectivity index (χ1n) is 7.28. The number of halogens is 13. The fourth-order valence-corrected chi connectivity index (χ4v) is 2.52. The highest BCUT2D eigenvalue weighted by Gasteiger charge is 2.91. The first kappa shape index (κ1) is 23.1. The molecule has 1 nitrogen and oxygen atoms in total. The Balaban J connectivity index is 2.68. The second-order valence-electron chi connectivity index (χ2n) is 6.04. The van der Waals surface area contributed by atoms with Gasteiger partial charge in [0.05, 0.1) is 5.69 Å². The van der Waals surface area contributed by atoms with Gasteiger partial charge in [-0.05, 0) is 18.6 Å². The molecular formula is C15H8F13N. The second kappa shape index (κ2) is 6.17. The number of hydrogen-bond acceptors (Lipinski definition) is 0. The quantitative estimate of drug-likeness (QED) is 0.491. The molecule has 0 aliphatic carbocycles. The van der Waals surface area contributed by atoms with Crippen LogP contribution in [-0.4, -0.2) is 34.9 Å². The van der Waals surface area contributed by atoms with E-state index in [1.165, 1.54) is 12.1 Å². The van der Waals surface area contributed by atoms with Crippen LogP contribution < -0.4 is 0 Å². The van der Waals surface area contributed by atoms with Crippen LogP contribution in [0.3, 0.4) is 0 Å². The van der Waals surface area contributed by atoms with Crippen LogP contribution in [0.5, 0.6) is 0 Å². The lowest BCUT2D eigenvalue weighted by Crippen LogP contribution is -2.69. The number of H-pyrrole nitrogens is 1. The van der Waals surface area contributed by atoms with Crippen LogP contribution in [0.25, 0.3) is 10.9 Å². The molecule has 1 aromatic heterocycles. The zero-order chi connectivity index (χ0) is 22.8. The highest BCUT2D eigenvalue weighted by Crippen LogP contribution is 2.62. The summed E-state index contributed by atoms with van der Waals surface area (Å²) in [6, 6.07) is 4.49. The van der Waals surface area contributed by atoms with Crippen LogP contribution in [0, 0.1) is 6.92 Å². The molecule has 1 aromatic carbocycles. The molecule has 0 spiro atoms. The predicted molar refractivity (Wildman–Crippen MR) is 72.8 cm³/mol. The number of aromatic nitrogens is 1. The van der Waals surface area contributed by atoms with Gasteiger partial charge in [-0.2, -0.15) is 57.1 Å². The van der Waals surface area contributed by atoms with E-state index in [0.29, 0.717) is 6.92 Å². The number of nitrogens with one attached hydrogen (secondary N) is 1. The van der Waals surface area contributed by atoms with Crippen LogP contribution in [0.4, 0.5) is 57.1 Å². The molecular weight excluding hydrogens is 441 g/mol. The number of alkyl halides is 13. The van der Waals surface area contributed by atoms with E-state index in [2.05, 4.69) is 0 Å². The second-order valence-corrected chi connectivity index (χ2v) is 6.04. The summed E-state index contributed by atoms with van der Waals surface area (Å²) in [5.41, 5.74) is -3.20. The standard InChI is InChI=1S/C15H8F13N/c1-6-7-4-2-3-5-8(7)29-9(6)10(16,17)11(18,19)12(20,21)13(22,23)14(24,25)15(26,27)28/h2-5,29H,1H3. The summed E-state index contributed by atoms with van der Waals surface area (Å²) < 4.78 is 172. The van der Waals surface area contributed by atoms with Gasteiger partial charge in [-0.3, -0.25) is 0 Å². The van der Waals surface area contributed by atoms with Gasteiger partial charge < -0.3 is 4.98 Å². The van der Waals surface area contributed by atoms with Crippen molar-refractivity contribution in [3.05, 3.63) is 35.5 Å². The van der Waals surface area contributed by atoms with E-state index >= 15 is 0 Å². The summed E-state index contributed by atoms with van der Waals surface area (Å²) in [5.74, 6) is -37.1. The van der Waals surface area contributed by atoms with E-state index in [-0.39, 0.29) is 10.9 Å². The van der Waals surface area contributed by atoms with Crippen molar-refractivity contribution in [2.24, 2.45) is 0 Å². The summed E-state index contributed by atoms with van der Waals surface area (Å²) in [4.78, 5) is 1.58. The number of rotatable bonds is 5. The largest absolute Gasteiger partial charge is 0.460 e. The Morgan fingerprint density at radius 2 is 1.07 bits per heavy atom. The number of aryl methyl sites for hydroxylation is 1. The normalized spacial score (nSPS) is 15.2. The van der Waals surface area contributed by atoms with Crippen molar-refractivity contribution in [3.63, 3.8) is 0 Å². The van der Waals surface area contributed by atoms with E-state index in [9.17, 15) is 57.1 Å². The molecule has 1 N–H and O–H groups in total. The van der Waals surface area contributed by atoms with E-state index in [1.807, 2.05) is 0 Å². The number of para-hydroxylation sites is 1. The Bertz CT molecular complexity index is 907. The van der Waals surface area contributed by atoms with E-state index in [0.717, 1.165) is 12.1 Å². The Morgan fingerprint density at radius 1 is 0.621 bits per heavy atom. The highest BCUT2D eigenvalue weighted by molar-refractivity contribution is 5.84. The molecule has 0 radical (unpaired) electrons. The summed E-state index contributed by atoms with van der Waals surface area (Å²) in [6.07, 6.45) is -7.43. The maximum Gasteiger partial charge on any atom is 0.460 e. The maximum absolute atomic E-state index is 14.2. The Hall–Kier alpha value is -2.15. The maximum atomic E-state index is 14.2. The zero-order valence-electron chi connectivity index (χ0n) is 13.7. The number of hydrogen-bond donors (Lipinski definition) is 1. The van der Waals surface area contributed by atoms with Crippen LogP contribution >= 0.6 is 0 Å². The lowest BCUT2D eigenvalue weighted by Gasteiger charge is -2.39. The minimum Gasteiger partial charge on any atom is -0.353 e. The minimum absolute atomic E-state index is 0.228. The monoisotopic (exact) mass is 449 g/mol. The molecule has 0 amide bonds. The zero-order valence-corrected chi connectivity index (χ0v) is 13.7. The Labute approximate surface area is 152 Å². The fourth-order valence-electron chi connectivity index (χ4n) is 2.52. The first-order valence-corrected chi connectivity index (χ1v) is 7.28. The third-order valence-electron chi connectivity index (χ3n) is 4.21. The molecule has 0 saturated heterocycles. The van der Waals surface area contributed by atoms with Crippen LogP contribution in [0.15, 0.2) is 24.3 Å². The van der Waals surface area contributed by atoms with Gasteiger partial charge in [-0.25, -0.2) is 0 Å². The van der Waals surface area contributed by atoms with Gasteiger partial charge in [-0.1, -0.05) is 18.2 Å². The average Bonchev–Trinajstić information content (AvgIpc) is 2.91. The number of aromatic amines is 1. The molecule has 1 heterocycles. The fraction of sp³-hybridized carbons (Fsp3) is 0.467. The van der Waals surface area contributed by atoms with Gasteiger partial charge in [0.2, 0.25) is 0 Å². The van der Waals surface area contributed by atoms with Crippen molar-refractivity contribution < 1.29 is 57.1 Å². The molecule has 0 bridgehead atoms. The Kier molecular flexibility index (Phi) is 4.92.